The van der Waals surface area contributed by atoms with Crippen LogP contribution in [0.1, 0.15) is 24.8 Å². The molecule has 1 aromatic carbocycles. The highest BCUT2D eigenvalue weighted by molar-refractivity contribution is 5.82. The topological polar surface area (TPSA) is 88.2 Å². The molecule has 3 amide bonds. The average molecular weight is 389 g/mol. The van der Waals surface area contributed by atoms with Crippen molar-refractivity contribution in [2.24, 2.45) is 5.41 Å². The first kappa shape index (κ1) is 20.0. The molecular formula is C20H27N3O5. The van der Waals surface area contributed by atoms with Crippen LogP contribution in [-0.4, -0.2) is 68.1 Å². The molecule has 2 heterocycles. The fourth-order valence-electron chi connectivity index (χ4n) is 4.01. The van der Waals surface area contributed by atoms with Gasteiger partial charge in [-0.05, 0) is 30.5 Å². The Morgan fingerprint density at radius 1 is 1.21 bits per heavy atom. The lowest BCUT2D eigenvalue weighted by Gasteiger charge is -2.38. The number of amides is 3. The minimum atomic E-state index is -0.614. The van der Waals surface area contributed by atoms with E-state index in [9.17, 15) is 14.4 Å². The third-order valence-electron chi connectivity index (χ3n) is 5.66. The second kappa shape index (κ2) is 8.50. The van der Waals surface area contributed by atoms with E-state index in [4.69, 9.17) is 4.74 Å². The van der Waals surface area contributed by atoms with Crippen LogP contribution in [0.2, 0.25) is 0 Å². The molecule has 3 rings (SSSR count). The smallest absolute Gasteiger partial charge is 0.407 e. The van der Waals surface area contributed by atoms with E-state index in [0.717, 1.165) is 24.2 Å². The van der Waals surface area contributed by atoms with Crippen molar-refractivity contribution < 1.29 is 23.9 Å². The minimum absolute atomic E-state index is 0.0670. The third kappa shape index (κ3) is 4.55. The van der Waals surface area contributed by atoms with Gasteiger partial charge in [-0.3, -0.25) is 9.59 Å². The molecule has 0 aliphatic carbocycles. The van der Waals surface area contributed by atoms with E-state index in [2.05, 4.69) is 10.1 Å². The molecule has 2 fully saturated rings. The van der Waals surface area contributed by atoms with Gasteiger partial charge in [-0.15, -0.1) is 0 Å². The molecular weight excluding hydrogens is 362 g/mol. The van der Waals surface area contributed by atoms with Gasteiger partial charge >= 0.3 is 6.09 Å². The molecule has 2 saturated heterocycles. The Morgan fingerprint density at radius 2 is 1.96 bits per heavy atom. The van der Waals surface area contributed by atoms with Crippen LogP contribution >= 0.6 is 0 Å². The van der Waals surface area contributed by atoms with Gasteiger partial charge in [-0.1, -0.05) is 12.1 Å². The van der Waals surface area contributed by atoms with Crippen LogP contribution in [0.4, 0.5) is 4.79 Å². The number of likely N-dealkylation sites (tertiary alicyclic amines) is 2. The number of hydrogen-bond donors (Lipinski definition) is 1. The van der Waals surface area contributed by atoms with Crippen LogP contribution in [-0.2, 0) is 20.9 Å². The van der Waals surface area contributed by atoms with Crippen molar-refractivity contribution in [2.45, 2.75) is 25.8 Å². The van der Waals surface area contributed by atoms with Crippen LogP contribution in [0.15, 0.2) is 24.3 Å². The maximum atomic E-state index is 12.6. The lowest BCUT2D eigenvalue weighted by atomic mass is 9.77. The van der Waals surface area contributed by atoms with Gasteiger partial charge in [0.05, 0.1) is 14.2 Å². The Balaban J connectivity index is 1.53. The summed E-state index contributed by atoms with van der Waals surface area (Å²) in [5.74, 6) is 0.819. The minimum Gasteiger partial charge on any atom is -0.497 e. The lowest BCUT2D eigenvalue weighted by Crippen LogP contribution is -2.47. The zero-order valence-corrected chi connectivity index (χ0v) is 16.4. The summed E-state index contributed by atoms with van der Waals surface area (Å²) in [5.41, 5.74) is 0.980. The highest BCUT2D eigenvalue weighted by Crippen LogP contribution is 2.41. The highest BCUT2D eigenvalue weighted by atomic mass is 16.5. The van der Waals surface area contributed by atoms with Gasteiger partial charge < -0.3 is 24.6 Å². The van der Waals surface area contributed by atoms with E-state index < -0.39 is 6.09 Å². The average Bonchev–Trinajstić information content (AvgIpc) is 3.00. The number of nitrogens with zero attached hydrogens (tertiary/aromatic N) is 2. The summed E-state index contributed by atoms with van der Waals surface area (Å²) >= 11 is 0. The molecule has 28 heavy (non-hydrogen) atoms. The largest absolute Gasteiger partial charge is 0.497 e. The van der Waals surface area contributed by atoms with E-state index in [1.807, 2.05) is 29.2 Å². The number of ether oxygens (including phenoxy) is 2. The molecule has 2 aliphatic rings. The number of hydrogen-bond acceptors (Lipinski definition) is 5. The van der Waals surface area contributed by atoms with Crippen LogP contribution in [0, 0.1) is 5.41 Å². The predicted molar refractivity (Wildman–Crippen MR) is 102 cm³/mol. The Labute approximate surface area is 164 Å². The molecule has 1 N–H and O–H groups in total. The van der Waals surface area contributed by atoms with Gasteiger partial charge in [0.15, 0.2) is 0 Å². The summed E-state index contributed by atoms with van der Waals surface area (Å²) in [6.07, 6.45) is 1.49. The van der Waals surface area contributed by atoms with Gasteiger partial charge in [0.1, 0.15) is 12.3 Å². The standard InChI is InChI=1S/C20H27N3O5/c1-27-16-5-3-4-15(10-16)13-23-14-20(11-17(23)24)6-8-22(9-7-20)18(25)12-21-19(26)28-2/h3-5,10H,6-9,11-14H2,1-2H3,(H,21,26). The summed E-state index contributed by atoms with van der Waals surface area (Å²) < 4.78 is 9.74. The number of carbonyl (C=O) groups excluding carboxylic acids is 3. The van der Waals surface area contributed by atoms with Crippen molar-refractivity contribution >= 4 is 17.9 Å². The maximum Gasteiger partial charge on any atom is 0.407 e. The molecule has 0 saturated carbocycles. The normalized spacial score (nSPS) is 18.3. The Kier molecular flexibility index (Phi) is 6.06. The zero-order valence-electron chi connectivity index (χ0n) is 16.4. The first-order valence-electron chi connectivity index (χ1n) is 9.45. The quantitative estimate of drug-likeness (QED) is 0.822. The molecule has 0 atom stereocenters. The van der Waals surface area contributed by atoms with Crippen molar-refractivity contribution in [3.05, 3.63) is 29.8 Å². The molecule has 0 unspecified atom stereocenters. The van der Waals surface area contributed by atoms with Gasteiger partial charge in [0.25, 0.3) is 0 Å². The second-order valence-electron chi connectivity index (χ2n) is 7.50. The second-order valence-corrected chi connectivity index (χ2v) is 7.50. The monoisotopic (exact) mass is 389 g/mol. The Morgan fingerprint density at radius 3 is 2.64 bits per heavy atom. The number of alkyl carbamates (subject to hydrolysis) is 1. The van der Waals surface area contributed by atoms with Crippen molar-refractivity contribution in [1.82, 2.24) is 15.1 Å². The van der Waals surface area contributed by atoms with E-state index in [1.165, 1.54) is 7.11 Å². The van der Waals surface area contributed by atoms with Crippen molar-refractivity contribution in [1.29, 1.82) is 0 Å². The molecule has 2 aliphatic heterocycles. The van der Waals surface area contributed by atoms with E-state index >= 15 is 0 Å². The van der Waals surface area contributed by atoms with Crippen LogP contribution in [0.25, 0.3) is 0 Å². The van der Waals surface area contributed by atoms with Gasteiger partial charge in [-0.25, -0.2) is 4.79 Å². The van der Waals surface area contributed by atoms with Crippen molar-refractivity contribution in [3.8, 4) is 5.75 Å². The summed E-state index contributed by atoms with van der Waals surface area (Å²) in [6.45, 7) is 2.42. The van der Waals surface area contributed by atoms with Crippen molar-refractivity contribution in [3.63, 3.8) is 0 Å². The number of nitrogens with one attached hydrogen (secondary N) is 1. The van der Waals surface area contributed by atoms with Crippen LogP contribution < -0.4 is 10.1 Å². The summed E-state index contributed by atoms with van der Waals surface area (Å²) in [5, 5.41) is 2.42. The van der Waals surface area contributed by atoms with E-state index in [1.54, 1.807) is 12.0 Å². The lowest BCUT2D eigenvalue weighted by molar-refractivity contribution is -0.132. The molecule has 8 nitrogen and oxygen atoms in total. The zero-order chi connectivity index (χ0) is 20.1. The summed E-state index contributed by atoms with van der Waals surface area (Å²) in [6, 6.07) is 7.76. The fraction of sp³-hybridized carbons (Fsp3) is 0.550. The molecule has 0 aromatic heterocycles. The SMILES string of the molecule is COC(=O)NCC(=O)N1CCC2(CC1)CC(=O)N(Cc1cccc(OC)c1)C2. The summed E-state index contributed by atoms with van der Waals surface area (Å²) in [4.78, 5) is 39.6. The summed E-state index contributed by atoms with van der Waals surface area (Å²) in [7, 11) is 2.89. The van der Waals surface area contributed by atoms with Gasteiger partial charge in [0, 0.05) is 38.0 Å². The molecule has 1 aromatic rings. The van der Waals surface area contributed by atoms with E-state index in [-0.39, 0.29) is 23.8 Å². The van der Waals surface area contributed by atoms with E-state index in [0.29, 0.717) is 32.6 Å². The number of piperidine rings is 1. The molecule has 1 spiro atoms. The number of benzene rings is 1. The number of methoxy groups -OCH3 is 2. The van der Waals surface area contributed by atoms with Gasteiger partial charge in [-0.2, -0.15) is 0 Å². The fourth-order valence-corrected chi connectivity index (χ4v) is 4.01. The molecule has 8 heteroatoms. The molecule has 152 valence electrons. The molecule has 0 radical (unpaired) electrons. The predicted octanol–water partition coefficient (Wildman–Crippen LogP) is 1.39. The Hall–Kier alpha value is -2.77. The van der Waals surface area contributed by atoms with Crippen LogP contribution in [0.3, 0.4) is 0 Å². The highest BCUT2D eigenvalue weighted by Gasteiger charge is 2.45. The number of rotatable bonds is 5. The Bertz CT molecular complexity index is 743. The van der Waals surface area contributed by atoms with Gasteiger partial charge in [0.2, 0.25) is 11.8 Å². The number of carbonyl (C=O) groups is 3. The molecule has 0 bridgehead atoms. The third-order valence-corrected chi connectivity index (χ3v) is 5.66. The maximum absolute atomic E-state index is 12.6. The first-order valence-corrected chi connectivity index (χ1v) is 9.45. The van der Waals surface area contributed by atoms with Crippen molar-refractivity contribution in [2.75, 3.05) is 40.4 Å². The first-order chi connectivity index (χ1) is 13.4. The van der Waals surface area contributed by atoms with Crippen LogP contribution in [0.5, 0.6) is 5.75 Å².